The average Bonchev–Trinajstić information content (AvgIpc) is 3.09. The molecule has 0 bridgehead atoms. The molecule has 3 rings (SSSR count). The minimum Gasteiger partial charge on any atom is -0.488 e. The molecule has 0 spiro atoms. The third-order valence-electron chi connectivity index (χ3n) is 3.23. The van der Waals surface area contributed by atoms with Gasteiger partial charge in [0.2, 0.25) is 10.0 Å². The van der Waals surface area contributed by atoms with E-state index in [0.29, 0.717) is 6.61 Å². The number of rotatable bonds is 4. The summed E-state index contributed by atoms with van der Waals surface area (Å²) < 4.78 is 33.8. The Labute approximate surface area is 127 Å². The molecule has 1 aliphatic rings. The fraction of sp³-hybridized carbons (Fsp3) is 0.286. The number of hydrogen-bond acceptors (Lipinski definition) is 5. The van der Waals surface area contributed by atoms with Gasteiger partial charge >= 0.3 is 0 Å². The van der Waals surface area contributed by atoms with Crippen molar-refractivity contribution in [2.24, 2.45) is 5.14 Å². The Morgan fingerprint density at radius 1 is 1.24 bits per heavy atom. The van der Waals surface area contributed by atoms with Gasteiger partial charge in [-0.1, -0.05) is 12.1 Å². The van der Waals surface area contributed by atoms with Crippen LogP contribution in [0.25, 0.3) is 11.1 Å². The Balaban J connectivity index is 1.75. The summed E-state index contributed by atoms with van der Waals surface area (Å²) in [6.07, 6.45) is 1.02. The van der Waals surface area contributed by atoms with Gasteiger partial charge in [0.25, 0.3) is 0 Å². The second-order valence-electron chi connectivity index (χ2n) is 4.83. The summed E-state index contributed by atoms with van der Waals surface area (Å²) in [5, 5.41) is 6.89. The van der Waals surface area contributed by atoms with E-state index in [-0.39, 0.29) is 10.3 Å². The quantitative estimate of drug-likeness (QED) is 0.935. The van der Waals surface area contributed by atoms with Crippen molar-refractivity contribution in [3.05, 3.63) is 35.7 Å². The van der Waals surface area contributed by atoms with Crippen LogP contribution in [0.1, 0.15) is 6.42 Å². The molecule has 7 heteroatoms. The zero-order valence-electron chi connectivity index (χ0n) is 11.2. The largest absolute Gasteiger partial charge is 0.488 e. The van der Waals surface area contributed by atoms with Gasteiger partial charge in [-0.15, -0.1) is 11.3 Å². The van der Waals surface area contributed by atoms with Gasteiger partial charge < -0.3 is 9.47 Å². The Hall–Kier alpha value is -1.41. The number of primary sulfonamides is 1. The number of benzene rings is 1. The Morgan fingerprint density at radius 2 is 2.00 bits per heavy atom. The Kier molecular flexibility index (Phi) is 3.99. The first-order valence-electron chi connectivity index (χ1n) is 6.48. The molecule has 1 aromatic heterocycles. The van der Waals surface area contributed by atoms with Crippen LogP contribution in [0, 0.1) is 0 Å². The van der Waals surface area contributed by atoms with Crippen LogP contribution in [-0.2, 0) is 14.8 Å². The van der Waals surface area contributed by atoms with Crippen LogP contribution >= 0.6 is 11.3 Å². The van der Waals surface area contributed by atoms with Gasteiger partial charge in [0.15, 0.2) is 0 Å². The first-order chi connectivity index (χ1) is 10.0. The maximum Gasteiger partial charge on any atom is 0.247 e. The highest BCUT2D eigenvalue weighted by Crippen LogP contribution is 2.29. The van der Waals surface area contributed by atoms with E-state index in [1.165, 1.54) is 0 Å². The van der Waals surface area contributed by atoms with E-state index in [4.69, 9.17) is 14.6 Å². The van der Waals surface area contributed by atoms with Crippen LogP contribution in [0.15, 0.2) is 39.9 Å². The topological polar surface area (TPSA) is 78.6 Å². The van der Waals surface area contributed by atoms with Gasteiger partial charge in [-0.3, -0.25) is 0 Å². The Bertz CT molecular complexity index is 716. The molecule has 0 radical (unpaired) electrons. The highest BCUT2D eigenvalue weighted by molar-refractivity contribution is 7.91. The summed E-state index contributed by atoms with van der Waals surface area (Å²) >= 11 is 1.12. The minimum atomic E-state index is -3.63. The average molecular weight is 325 g/mol. The van der Waals surface area contributed by atoms with Gasteiger partial charge in [-0.05, 0) is 34.7 Å². The SMILES string of the molecule is NS(=O)(=O)c1cc(-c2ccc(OC3CCOC3)cc2)cs1. The Morgan fingerprint density at radius 3 is 2.57 bits per heavy atom. The van der Waals surface area contributed by atoms with Gasteiger partial charge in [-0.2, -0.15) is 0 Å². The van der Waals surface area contributed by atoms with Crippen LogP contribution in [-0.4, -0.2) is 27.7 Å². The zero-order valence-corrected chi connectivity index (χ0v) is 12.8. The molecule has 1 saturated heterocycles. The summed E-state index contributed by atoms with van der Waals surface area (Å²) in [5.41, 5.74) is 1.76. The fourth-order valence-electron chi connectivity index (χ4n) is 2.14. The zero-order chi connectivity index (χ0) is 14.9. The highest BCUT2D eigenvalue weighted by Gasteiger charge is 2.17. The van der Waals surface area contributed by atoms with Crippen molar-refractivity contribution in [2.45, 2.75) is 16.7 Å². The molecule has 1 unspecified atom stereocenters. The van der Waals surface area contributed by atoms with E-state index in [1.807, 2.05) is 24.3 Å². The van der Waals surface area contributed by atoms with Gasteiger partial charge in [0.1, 0.15) is 16.1 Å². The number of thiophene rings is 1. The smallest absolute Gasteiger partial charge is 0.247 e. The normalized spacial score (nSPS) is 18.8. The van der Waals surface area contributed by atoms with Crippen molar-refractivity contribution < 1.29 is 17.9 Å². The monoisotopic (exact) mass is 325 g/mol. The third kappa shape index (κ3) is 3.44. The van der Waals surface area contributed by atoms with E-state index in [1.54, 1.807) is 11.4 Å². The molecule has 2 aromatic rings. The molecule has 0 saturated carbocycles. The lowest BCUT2D eigenvalue weighted by atomic mass is 10.1. The summed E-state index contributed by atoms with van der Waals surface area (Å²) in [6, 6.07) is 9.14. The first-order valence-corrected chi connectivity index (χ1v) is 8.91. The molecular weight excluding hydrogens is 310 g/mol. The van der Waals surface area contributed by atoms with Crippen LogP contribution in [0.4, 0.5) is 0 Å². The van der Waals surface area contributed by atoms with Crippen molar-refractivity contribution in [1.29, 1.82) is 0 Å². The summed E-state index contributed by atoms with van der Waals surface area (Å²) in [5.74, 6) is 0.788. The second-order valence-corrected chi connectivity index (χ2v) is 7.53. The maximum atomic E-state index is 11.3. The van der Waals surface area contributed by atoms with E-state index >= 15 is 0 Å². The van der Waals surface area contributed by atoms with E-state index in [0.717, 1.165) is 41.2 Å². The van der Waals surface area contributed by atoms with Crippen LogP contribution in [0.3, 0.4) is 0 Å². The first kappa shape index (κ1) is 14.5. The molecule has 1 aliphatic heterocycles. The molecule has 112 valence electrons. The van der Waals surface area contributed by atoms with Crippen molar-refractivity contribution in [1.82, 2.24) is 0 Å². The minimum absolute atomic E-state index is 0.117. The maximum absolute atomic E-state index is 11.3. The predicted molar refractivity (Wildman–Crippen MR) is 81.0 cm³/mol. The molecule has 5 nitrogen and oxygen atoms in total. The van der Waals surface area contributed by atoms with E-state index in [9.17, 15) is 8.42 Å². The van der Waals surface area contributed by atoms with Crippen molar-refractivity contribution in [3.8, 4) is 16.9 Å². The summed E-state index contributed by atoms with van der Waals surface area (Å²) in [6.45, 7) is 1.37. The van der Waals surface area contributed by atoms with E-state index < -0.39 is 10.0 Å². The molecule has 1 aromatic carbocycles. The number of sulfonamides is 1. The van der Waals surface area contributed by atoms with E-state index in [2.05, 4.69) is 0 Å². The standard InChI is InChI=1S/C14H15NO4S2/c15-21(16,17)14-7-11(9-20-14)10-1-3-12(4-2-10)19-13-5-6-18-8-13/h1-4,7,9,13H,5-6,8H2,(H2,15,16,17). The fourth-order valence-corrected chi connectivity index (χ4v) is 3.76. The molecule has 0 amide bonds. The van der Waals surface area contributed by atoms with Crippen LogP contribution < -0.4 is 9.88 Å². The molecule has 0 aliphatic carbocycles. The highest BCUT2D eigenvalue weighted by atomic mass is 32.2. The number of nitrogens with two attached hydrogens (primary N) is 1. The molecule has 2 heterocycles. The third-order valence-corrected chi connectivity index (χ3v) is 5.62. The molecule has 2 N–H and O–H groups in total. The lowest BCUT2D eigenvalue weighted by molar-refractivity contribution is 0.141. The van der Waals surface area contributed by atoms with Gasteiger partial charge in [0.05, 0.1) is 13.2 Å². The molecular formula is C14H15NO4S2. The van der Waals surface area contributed by atoms with Crippen LogP contribution in [0.5, 0.6) is 5.75 Å². The van der Waals surface area contributed by atoms with Crippen molar-refractivity contribution in [2.75, 3.05) is 13.2 Å². The van der Waals surface area contributed by atoms with Crippen molar-refractivity contribution >= 4 is 21.4 Å². The second kappa shape index (κ2) is 5.76. The molecule has 1 atom stereocenters. The molecule has 1 fully saturated rings. The summed E-state index contributed by atoms with van der Waals surface area (Å²) in [7, 11) is -3.63. The summed E-state index contributed by atoms with van der Waals surface area (Å²) in [4.78, 5) is 0. The number of ether oxygens (including phenoxy) is 2. The van der Waals surface area contributed by atoms with Crippen LogP contribution in [0.2, 0.25) is 0 Å². The lowest BCUT2D eigenvalue weighted by Gasteiger charge is -2.11. The lowest BCUT2D eigenvalue weighted by Crippen LogP contribution is -2.15. The van der Waals surface area contributed by atoms with Crippen molar-refractivity contribution in [3.63, 3.8) is 0 Å². The van der Waals surface area contributed by atoms with Gasteiger partial charge in [-0.25, -0.2) is 13.6 Å². The predicted octanol–water partition coefficient (Wildman–Crippen LogP) is 2.23. The molecule has 21 heavy (non-hydrogen) atoms. The number of hydrogen-bond donors (Lipinski definition) is 1. The van der Waals surface area contributed by atoms with Gasteiger partial charge in [0, 0.05) is 6.42 Å².